The van der Waals surface area contributed by atoms with Crippen molar-refractivity contribution in [3.05, 3.63) is 71.3 Å². The molecule has 2 aliphatic rings. The van der Waals surface area contributed by atoms with Crippen molar-refractivity contribution >= 4 is 5.91 Å². The minimum absolute atomic E-state index is 0.0708. The standard InChI is InChI=1S/C24H29NO2/c26-23(25-16-15-19-9-7-8-10-20(19)18-25)17-24(27,21-11-3-1-4-12-21)22-13-5-2-6-14-22/h1,3-4,7-12,22,27H,2,5-6,13-18H2. The van der Waals surface area contributed by atoms with Gasteiger partial charge in [-0.2, -0.15) is 0 Å². The maximum atomic E-state index is 13.2. The van der Waals surface area contributed by atoms with Gasteiger partial charge in [-0.15, -0.1) is 0 Å². The van der Waals surface area contributed by atoms with Gasteiger partial charge in [-0.25, -0.2) is 0 Å². The predicted molar refractivity (Wildman–Crippen MR) is 107 cm³/mol. The topological polar surface area (TPSA) is 40.5 Å². The van der Waals surface area contributed by atoms with Crippen molar-refractivity contribution in [2.24, 2.45) is 5.92 Å². The Labute approximate surface area is 162 Å². The summed E-state index contributed by atoms with van der Waals surface area (Å²) >= 11 is 0. The highest BCUT2D eigenvalue weighted by molar-refractivity contribution is 5.78. The van der Waals surface area contributed by atoms with Crippen LogP contribution in [0.1, 0.15) is 55.2 Å². The van der Waals surface area contributed by atoms with Crippen LogP contribution in [-0.2, 0) is 23.4 Å². The quantitative estimate of drug-likeness (QED) is 0.873. The van der Waals surface area contributed by atoms with Crippen LogP contribution in [0.15, 0.2) is 54.6 Å². The second kappa shape index (κ2) is 7.85. The molecule has 4 rings (SSSR count). The summed E-state index contributed by atoms with van der Waals surface area (Å²) in [6.07, 6.45) is 6.61. The minimum atomic E-state index is -1.06. The Morgan fingerprint density at radius 3 is 2.37 bits per heavy atom. The number of hydrogen-bond donors (Lipinski definition) is 1. The van der Waals surface area contributed by atoms with E-state index in [-0.39, 0.29) is 18.2 Å². The molecule has 0 aromatic heterocycles. The number of carbonyl (C=O) groups excluding carboxylic acids is 1. The van der Waals surface area contributed by atoms with Gasteiger partial charge >= 0.3 is 0 Å². The third-order valence-corrected chi connectivity index (χ3v) is 6.46. The van der Waals surface area contributed by atoms with Crippen LogP contribution >= 0.6 is 0 Å². The first-order chi connectivity index (χ1) is 13.2. The van der Waals surface area contributed by atoms with E-state index in [1.165, 1.54) is 17.5 Å². The Kier molecular flexibility index (Phi) is 5.31. The van der Waals surface area contributed by atoms with Crippen molar-refractivity contribution in [2.45, 2.75) is 57.1 Å². The summed E-state index contributed by atoms with van der Waals surface area (Å²) in [5.74, 6) is 0.233. The van der Waals surface area contributed by atoms with Crippen LogP contribution in [0.3, 0.4) is 0 Å². The fourth-order valence-electron chi connectivity index (χ4n) is 4.84. The van der Waals surface area contributed by atoms with E-state index in [0.717, 1.165) is 44.2 Å². The molecular weight excluding hydrogens is 334 g/mol. The lowest BCUT2D eigenvalue weighted by Crippen LogP contribution is -2.44. The molecule has 1 amide bonds. The molecule has 2 aromatic carbocycles. The summed E-state index contributed by atoms with van der Waals surface area (Å²) in [6.45, 7) is 1.40. The lowest BCUT2D eigenvalue weighted by molar-refractivity contribution is -0.142. The molecule has 142 valence electrons. The van der Waals surface area contributed by atoms with Gasteiger partial charge in [0.15, 0.2) is 0 Å². The molecule has 2 aromatic rings. The summed E-state index contributed by atoms with van der Waals surface area (Å²) < 4.78 is 0. The molecule has 0 spiro atoms. The van der Waals surface area contributed by atoms with Crippen LogP contribution in [0, 0.1) is 5.92 Å². The van der Waals surface area contributed by atoms with Crippen molar-refractivity contribution in [3.63, 3.8) is 0 Å². The average molecular weight is 364 g/mol. The zero-order valence-corrected chi connectivity index (χ0v) is 15.9. The lowest BCUT2D eigenvalue weighted by atomic mass is 9.71. The predicted octanol–water partition coefficient (Wildman–Crippen LogP) is 4.43. The van der Waals surface area contributed by atoms with Crippen LogP contribution in [0.25, 0.3) is 0 Å². The number of nitrogens with zero attached hydrogens (tertiary/aromatic N) is 1. The summed E-state index contributed by atoms with van der Waals surface area (Å²) in [6, 6.07) is 18.2. The highest BCUT2D eigenvalue weighted by Crippen LogP contribution is 2.42. The molecule has 3 heteroatoms. The molecule has 1 unspecified atom stereocenters. The van der Waals surface area contributed by atoms with Gasteiger partial charge in [-0.1, -0.05) is 73.9 Å². The third kappa shape index (κ3) is 3.79. The van der Waals surface area contributed by atoms with E-state index in [1.807, 2.05) is 41.3 Å². The van der Waals surface area contributed by atoms with Crippen LogP contribution in [0.5, 0.6) is 0 Å². The van der Waals surface area contributed by atoms with E-state index in [1.54, 1.807) is 0 Å². The van der Waals surface area contributed by atoms with Crippen LogP contribution < -0.4 is 0 Å². The van der Waals surface area contributed by atoms with Gasteiger partial charge in [0.05, 0.1) is 6.42 Å². The summed E-state index contributed by atoms with van der Waals surface area (Å²) in [5.41, 5.74) is 2.41. The molecule has 1 aliphatic heterocycles. The first-order valence-electron chi connectivity index (χ1n) is 10.3. The van der Waals surface area contributed by atoms with Crippen LogP contribution in [0.4, 0.5) is 0 Å². The summed E-state index contributed by atoms with van der Waals surface area (Å²) in [5, 5.41) is 11.8. The van der Waals surface area contributed by atoms with Crippen molar-refractivity contribution in [3.8, 4) is 0 Å². The molecule has 1 atom stereocenters. The van der Waals surface area contributed by atoms with Gasteiger partial charge in [0, 0.05) is 13.1 Å². The highest BCUT2D eigenvalue weighted by atomic mass is 16.3. The second-order valence-electron chi connectivity index (χ2n) is 8.14. The van der Waals surface area contributed by atoms with Crippen molar-refractivity contribution in [1.29, 1.82) is 0 Å². The molecule has 1 aliphatic carbocycles. The normalized spacial score (nSPS) is 20.0. The van der Waals surface area contributed by atoms with E-state index >= 15 is 0 Å². The van der Waals surface area contributed by atoms with E-state index in [0.29, 0.717) is 6.54 Å². The summed E-state index contributed by atoms with van der Waals surface area (Å²) in [7, 11) is 0. The number of aliphatic hydroxyl groups is 1. The maximum absolute atomic E-state index is 13.2. The Balaban J connectivity index is 1.55. The molecule has 0 radical (unpaired) electrons. The fourth-order valence-corrected chi connectivity index (χ4v) is 4.84. The molecule has 3 nitrogen and oxygen atoms in total. The highest BCUT2D eigenvalue weighted by Gasteiger charge is 2.41. The zero-order chi connectivity index (χ0) is 18.7. The number of fused-ring (bicyclic) bond motifs is 1. The molecule has 27 heavy (non-hydrogen) atoms. The zero-order valence-electron chi connectivity index (χ0n) is 15.9. The van der Waals surface area contributed by atoms with E-state index < -0.39 is 5.60 Å². The SMILES string of the molecule is O=C(CC(O)(c1ccccc1)C1CCCCC1)N1CCc2ccccc2C1. The number of rotatable bonds is 4. The molecule has 1 fully saturated rings. The number of carbonyl (C=O) groups is 1. The second-order valence-corrected chi connectivity index (χ2v) is 8.14. The first kappa shape index (κ1) is 18.2. The molecule has 0 bridgehead atoms. The minimum Gasteiger partial charge on any atom is -0.384 e. The van der Waals surface area contributed by atoms with Crippen molar-refractivity contribution < 1.29 is 9.90 Å². The maximum Gasteiger partial charge on any atom is 0.226 e. The Bertz CT molecular complexity index is 782. The Hall–Kier alpha value is -2.13. The fraction of sp³-hybridized carbons (Fsp3) is 0.458. The summed E-state index contributed by atoms with van der Waals surface area (Å²) in [4.78, 5) is 15.1. The Morgan fingerprint density at radius 1 is 0.963 bits per heavy atom. The van der Waals surface area contributed by atoms with Gasteiger partial charge < -0.3 is 10.0 Å². The van der Waals surface area contributed by atoms with Crippen LogP contribution in [0.2, 0.25) is 0 Å². The smallest absolute Gasteiger partial charge is 0.226 e. The van der Waals surface area contributed by atoms with E-state index in [4.69, 9.17) is 0 Å². The molecular formula is C24H29NO2. The Morgan fingerprint density at radius 2 is 1.63 bits per heavy atom. The molecule has 1 saturated carbocycles. The average Bonchev–Trinajstić information content (AvgIpc) is 2.74. The van der Waals surface area contributed by atoms with Gasteiger partial charge in [0.25, 0.3) is 0 Å². The first-order valence-corrected chi connectivity index (χ1v) is 10.3. The molecule has 1 heterocycles. The van der Waals surface area contributed by atoms with Gasteiger partial charge in [0.1, 0.15) is 5.60 Å². The van der Waals surface area contributed by atoms with E-state index in [9.17, 15) is 9.90 Å². The number of amides is 1. The largest absolute Gasteiger partial charge is 0.384 e. The lowest BCUT2D eigenvalue weighted by Gasteiger charge is -2.40. The third-order valence-electron chi connectivity index (χ3n) is 6.46. The molecule has 0 saturated heterocycles. The van der Waals surface area contributed by atoms with E-state index in [2.05, 4.69) is 18.2 Å². The number of hydrogen-bond acceptors (Lipinski definition) is 2. The van der Waals surface area contributed by atoms with Gasteiger partial charge in [0.2, 0.25) is 5.91 Å². The van der Waals surface area contributed by atoms with Gasteiger partial charge in [-0.3, -0.25) is 4.79 Å². The van der Waals surface area contributed by atoms with Crippen molar-refractivity contribution in [2.75, 3.05) is 6.54 Å². The van der Waals surface area contributed by atoms with Crippen molar-refractivity contribution in [1.82, 2.24) is 4.90 Å². The molecule has 1 N–H and O–H groups in total. The van der Waals surface area contributed by atoms with Gasteiger partial charge in [-0.05, 0) is 41.9 Å². The van der Waals surface area contributed by atoms with Crippen LogP contribution in [-0.4, -0.2) is 22.5 Å². The monoisotopic (exact) mass is 363 g/mol. The number of benzene rings is 2.